The maximum absolute atomic E-state index is 13.2. The summed E-state index contributed by atoms with van der Waals surface area (Å²) in [5.74, 6) is -2.03. The van der Waals surface area contributed by atoms with Gasteiger partial charge in [0.1, 0.15) is 5.69 Å². The molecule has 1 aromatic heterocycles. The Balaban J connectivity index is 1.69. The maximum atomic E-state index is 13.2. The van der Waals surface area contributed by atoms with Crippen LogP contribution in [0.4, 0.5) is 5.69 Å². The fraction of sp³-hybridized carbons (Fsp3) is 0.0800. The predicted octanol–water partition coefficient (Wildman–Crippen LogP) is 2.17. The van der Waals surface area contributed by atoms with Crippen molar-refractivity contribution in [1.82, 2.24) is 20.9 Å². The Hall–Kier alpha value is -5.59. The number of hydrogen-bond donors (Lipinski definition) is 4. The zero-order chi connectivity index (χ0) is 27.2. The number of aromatic nitrogens is 2. The van der Waals surface area contributed by atoms with E-state index in [1.807, 2.05) is 0 Å². The minimum Gasteiger partial charge on any atom is -0.504 e. The summed E-state index contributed by atoms with van der Waals surface area (Å²) >= 11 is 0. The molecule has 0 saturated heterocycles. The molecule has 0 aliphatic rings. The minimum absolute atomic E-state index is 0.0528. The molecule has 0 aliphatic carbocycles. The van der Waals surface area contributed by atoms with Crippen LogP contribution in [0.15, 0.2) is 76.6 Å². The lowest BCUT2D eigenvalue weighted by atomic mass is 10.0. The molecule has 38 heavy (non-hydrogen) atoms. The van der Waals surface area contributed by atoms with Crippen molar-refractivity contribution in [2.24, 2.45) is 5.10 Å². The Morgan fingerprint density at radius 2 is 1.82 bits per heavy atom. The number of amides is 2. The van der Waals surface area contributed by atoms with Crippen LogP contribution in [-0.2, 0) is 4.79 Å². The van der Waals surface area contributed by atoms with E-state index in [1.165, 1.54) is 7.11 Å². The summed E-state index contributed by atoms with van der Waals surface area (Å²) in [6.45, 7) is 0. The Morgan fingerprint density at radius 1 is 1.13 bits per heavy atom. The number of nitro benzene ring substituents is 1. The van der Waals surface area contributed by atoms with Crippen LogP contribution in [0.25, 0.3) is 10.8 Å². The van der Waals surface area contributed by atoms with Crippen molar-refractivity contribution in [3.63, 3.8) is 0 Å². The number of phenols is 1. The summed E-state index contributed by atoms with van der Waals surface area (Å²) in [7, 11) is 1.23. The third kappa shape index (κ3) is 5.31. The topological polar surface area (TPSA) is 189 Å². The molecule has 0 spiro atoms. The number of fused-ring (bicyclic) bond motifs is 1. The monoisotopic (exact) mass is 516 g/mol. The molecule has 13 nitrogen and oxygen atoms in total. The van der Waals surface area contributed by atoms with E-state index >= 15 is 0 Å². The highest BCUT2D eigenvalue weighted by atomic mass is 16.6. The highest BCUT2D eigenvalue weighted by molar-refractivity contribution is 5.99. The normalized spacial score (nSPS) is 11.7. The first kappa shape index (κ1) is 25.5. The summed E-state index contributed by atoms with van der Waals surface area (Å²) in [6, 6.07) is 15.2. The summed E-state index contributed by atoms with van der Waals surface area (Å²) in [5.41, 5.74) is 1.61. The van der Waals surface area contributed by atoms with Crippen LogP contribution in [0.1, 0.15) is 27.7 Å². The minimum atomic E-state index is -1.41. The lowest BCUT2D eigenvalue weighted by molar-refractivity contribution is -0.385. The predicted molar refractivity (Wildman–Crippen MR) is 136 cm³/mol. The molecule has 2 amide bonds. The number of carbonyl (C=O) groups is 2. The lowest BCUT2D eigenvalue weighted by Crippen LogP contribution is -2.40. The second-order valence-electron chi connectivity index (χ2n) is 7.83. The fourth-order valence-corrected chi connectivity index (χ4v) is 3.62. The van der Waals surface area contributed by atoms with Gasteiger partial charge in [0.2, 0.25) is 0 Å². The van der Waals surface area contributed by atoms with Gasteiger partial charge in [-0.15, -0.1) is 0 Å². The van der Waals surface area contributed by atoms with E-state index in [9.17, 15) is 29.6 Å². The number of nitrogens with zero attached hydrogens (tertiary/aromatic N) is 3. The van der Waals surface area contributed by atoms with Crippen LogP contribution in [-0.4, -0.2) is 45.4 Å². The van der Waals surface area contributed by atoms with Crippen LogP contribution in [0.2, 0.25) is 0 Å². The highest BCUT2D eigenvalue weighted by Gasteiger charge is 2.27. The molecule has 0 unspecified atom stereocenters. The van der Waals surface area contributed by atoms with Gasteiger partial charge < -0.3 is 15.2 Å². The first-order chi connectivity index (χ1) is 18.3. The smallest absolute Gasteiger partial charge is 0.274 e. The molecule has 4 N–H and O–H groups in total. The standard InChI is InChI=1S/C25H20N6O7/c1-38-19-12-16(31(36)37)11-15(22(19)32)13-26-29-25(35)21(27-23(33)14-7-3-2-4-8-14)20-17-9-5-6-10-18(17)24(34)30-28-20/h2-13,21,32H,1H3,(H,27,33)(H,29,35)(H,30,34)/b26-13+/t21-/m1/s1. The van der Waals surface area contributed by atoms with Gasteiger partial charge in [0.25, 0.3) is 23.1 Å². The van der Waals surface area contributed by atoms with Gasteiger partial charge in [-0.2, -0.15) is 10.2 Å². The van der Waals surface area contributed by atoms with E-state index in [-0.39, 0.29) is 33.6 Å². The molecule has 4 rings (SSSR count). The van der Waals surface area contributed by atoms with Gasteiger partial charge in [0, 0.05) is 22.6 Å². The number of aromatic amines is 1. The van der Waals surface area contributed by atoms with Crippen molar-refractivity contribution in [2.45, 2.75) is 6.04 Å². The largest absolute Gasteiger partial charge is 0.504 e. The van der Waals surface area contributed by atoms with E-state index in [2.05, 4.69) is 26.0 Å². The second kappa shape index (κ2) is 11.0. The molecule has 192 valence electrons. The Labute approximate surface area is 213 Å². The van der Waals surface area contributed by atoms with E-state index in [4.69, 9.17) is 4.74 Å². The van der Waals surface area contributed by atoms with Gasteiger partial charge in [0.15, 0.2) is 17.5 Å². The van der Waals surface area contributed by atoms with Crippen molar-refractivity contribution in [1.29, 1.82) is 0 Å². The van der Waals surface area contributed by atoms with Crippen LogP contribution in [0.3, 0.4) is 0 Å². The van der Waals surface area contributed by atoms with Crippen molar-refractivity contribution < 1.29 is 24.4 Å². The molecule has 0 bridgehead atoms. The van der Waals surface area contributed by atoms with E-state index in [0.717, 1.165) is 18.3 Å². The molecule has 13 heteroatoms. The molecule has 1 atom stereocenters. The molecule has 0 fully saturated rings. The van der Waals surface area contributed by atoms with Gasteiger partial charge in [-0.1, -0.05) is 36.4 Å². The van der Waals surface area contributed by atoms with Crippen LogP contribution < -0.4 is 21.0 Å². The zero-order valence-electron chi connectivity index (χ0n) is 19.7. The molecule has 4 aromatic rings. The molecule has 1 heterocycles. The number of methoxy groups -OCH3 is 1. The van der Waals surface area contributed by atoms with Crippen molar-refractivity contribution in [3.8, 4) is 11.5 Å². The maximum Gasteiger partial charge on any atom is 0.274 e. The summed E-state index contributed by atoms with van der Waals surface area (Å²) in [4.78, 5) is 48.9. The SMILES string of the molecule is COc1cc([N+](=O)[O-])cc(/C=N/NC(=O)[C@H](NC(=O)c2ccccc2)c2n[nH]c(=O)c3ccccc23)c1O. The fourth-order valence-electron chi connectivity index (χ4n) is 3.62. The third-order valence-corrected chi connectivity index (χ3v) is 5.47. The molecule has 0 saturated carbocycles. The van der Waals surface area contributed by atoms with Crippen molar-refractivity contribution in [3.05, 3.63) is 104 Å². The zero-order valence-corrected chi connectivity index (χ0v) is 19.7. The number of hydrazone groups is 1. The molecular formula is C25H20N6O7. The second-order valence-corrected chi connectivity index (χ2v) is 7.83. The molecular weight excluding hydrogens is 496 g/mol. The van der Waals surface area contributed by atoms with Gasteiger partial charge in [-0.3, -0.25) is 24.5 Å². The number of hydrogen-bond acceptors (Lipinski definition) is 9. The van der Waals surface area contributed by atoms with E-state index in [1.54, 1.807) is 54.6 Å². The highest BCUT2D eigenvalue weighted by Crippen LogP contribution is 2.33. The van der Waals surface area contributed by atoms with Gasteiger partial charge >= 0.3 is 0 Å². The quantitative estimate of drug-likeness (QED) is 0.156. The number of carbonyl (C=O) groups excluding carboxylic acids is 2. The van der Waals surface area contributed by atoms with Gasteiger partial charge in [0.05, 0.1) is 29.7 Å². The average Bonchev–Trinajstić information content (AvgIpc) is 2.93. The number of H-pyrrole nitrogens is 1. The Bertz CT molecular complexity index is 1620. The van der Waals surface area contributed by atoms with Gasteiger partial charge in [-0.05, 0) is 18.2 Å². The van der Waals surface area contributed by atoms with Crippen molar-refractivity contribution in [2.75, 3.05) is 7.11 Å². The number of nitrogens with one attached hydrogen (secondary N) is 3. The van der Waals surface area contributed by atoms with E-state index < -0.39 is 34.1 Å². The van der Waals surface area contributed by atoms with Crippen LogP contribution in [0, 0.1) is 10.1 Å². The molecule has 0 aliphatic heterocycles. The van der Waals surface area contributed by atoms with Crippen molar-refractivity contribution >= 4 is 34.5 Å². The summed E-state index contributed by atoms with van der Waals surface area (Å²) in [6.07, 6.45) is 0.983. The number of nitro groups is 1. The van der Waals surface area contributed by atoms with Gasteiger partial charge in [-0.25, -0.2) is 10.5 Å². The Morgan fingerprint density at radius 3 is 2.50 bits per heavy atom. The van der Waals surface area contributed by atoms with E-state index in [0.29, 0.717) is 5.39 Å². The molecule has 0 radical (unpaired) electrons. The summed E-state index contributed by atoms with van der Waals surface area (Å²) < 4.78 is 4.95. The number of phenolic OH excluding ortho intramolecular Hbond substituents is 1. The number of aromatic hydroxyl groups is 1. The average molecular weight is 516 g/mol. The number of non-ortho nitro benzene ring substituents is 1. The Kier molecular flexibility index (Phi) is 7.38. The molecule has 3 aromatic carbocycles. The number of benzene rings is 3. The van der Waals surface area contributed by atoms with Crippen LogP contribution >= 0.6 is 0 Å². The first-order valence-electron chi connectivity index (χ1n) is 11.0. The lowest BCUT2D eigenvalue weighted by Gasteiger charge is -2.18. The summed E-state index contributed by atoms with van der Waals surface area (Å²) in [5, 5.41) is 34.8. The first-order valence-corrected chi connectivity index (χ1v) is 11.0. The third-order valence-electron chi connectivity index (χ3n) is 5.47. The number of ether oxygens (including phenoxy) is 1. The number of rotatable bonds is 8. The van der Waals surface area contributed by atoms with Crippen LogP contribution in [0.5, 0.6) is 11.5 Å².